The summed E-state index contributed by atoms with van der Waals surface area (Å²) in [7, 11) is 0. The number of rotatable bonds is 11. The SMILES string of the molecule is O=C(/C=C/c1ccc(CN(CCCO)CCC2=CCc3ccccc32)cc1)CO. The molecule has 0 bridgehead atoms. The maximum Gasteiger partial charge on any atom is 0.181 e. The van der Waals surface area contributed by atoms with Crippen LogP contribution in [0.3, 0.4) is 0 Å². The predicted molar refractivity (Wildman–Crippen MR) is 117 cm³/mol. The van der Waals surface area contributed by atoms with Gasteiger partial charge in [-0.1, -0.05) is 60.7 Å². The fourth-order valence-corrected chi connectivity index (χ4v) is 3.67. The molecule has 0 fully saturated rings. The molecule has 0 aliphatic heterocycles. The van der Waals surface area contributed by atoms with Crippen LogP contribution >= 0.6 is 0 Å². The molecule has 0 heterocycles. The fraction of sp³-hybridized carbons (Fsp3) is 0.320. The highest BCUT2D eigenvalue weighted by atomic mass is 16.3. The lowest BCUT2D eigenvalue weighted by Crippen LogP contribution is -2.26. The molecular formula is C25H29NO3. The molecule has 0 radical (unpaired) electrons. The van der Waals surface area contributed by atoms with Crippen LogP contribution in [0, 0.1) is 0 Å². The molecule has 0 spiro atoms. The van der Waals surface area contributed by atoms with Crippen molar-refractivity contribution in [2.75, 3.05) is 26.3 Å². The van der Waals surface area contributed by atoms with Crippen LogP contribution in [0.15, 0.2) is 60.7 Å². The van der Waals surface area contributed by atoms with E-state index in [4.69, 9.17) is 5.11 Å². The molecule has 1 aliphatic rings. The van der Waals surface area contributed by atoms with E-state index in [0.717, 1.165) is 44.5 Å². The summed E-state index contributed by atoms with van der Waals surface area (Å²) in [6, 6.07) is 16.7. The van der Waals surface area contributed by atoms with Gasteiger partial charge in [-0.25, -0.2) is 0 Å². The average Bonchev–Trinajstić information content (AvgIpc) is 3.18. The van der Waals surface area contributed by atoms with Gasteiger partial charge in [-0.2, -0.15) is 0 Å². The van der Waals surface area contributed by atoms with Crippen molar-refractivity contribution in [3.63, 3.8) is 0 Å². The minimum Gasteiger partial charge on any atom is -0.396 e. The Bertz CT molecular complexity index is 868. The Labute approximate surface area is 172 Å². The third kappa shape index (κ3) is 6.23. The van der Waals surface area contributed by atoms with E-state index >= 15 is 0 Å². The summed E-state index contributed by atoms with van der Waals surface area (Å²) in [4.78, 5) is 13.6. The zero-order valence-electron chi connectivity index (χ0n) is 16.8. The van der Waals surface area contributed by atoms with Crippen molar-refractivity contribution in [3.05, 3.63) is 82.9 Å². The molecule has 0 unspecified atom stereocenters. The van der Waals surface area contributed by atoms with Crippen LogP contribution < -0.4 is 0 Å². The van der Waals surface area contributed by atoms with Gasteiger partial charge in [-0.05, 0) is 53.2 Å². The first-order valence-corrected chi connectivity index (χ1v) is 10.2. The molecular weight excluding hydrogens is 362 g/mol. The van der Waals surface area contributed by atoms with Gasteiger partial charge in [-0.3, -0.25) is 9.69 Å². The van der Waals surface area contributed by atoms with Crippen LogP contribution in [0.2, 0.25) is 0 Å². The van der Waals surface area contributed by atoms with Crippen LogP contribution in [-0.2, 0) is 17.8 Å². The van der Waals surface area contributed by atoms with E-state index in [0.29, 0.717) is 0 Å². The molecule has 0 aromatic heterocycles. The van der Waals surface area contributed by atoms with Crippen molar-refractivity contribution in [2.45, 2.75) is 25.8 Å². The summed E-state index contributed by atoms with van der Waals surface area (Å²) >= 11 is 0. The quantitative estimate of drug-likeness (QED) is 0.576. The Morgan fingerprint density at radius 2 is 1.83 bits per heavy atom. The van der Waals surface area contributed by atoms with Gasteiger partial charge in [0.1, 0.15) is 6.61 Å². The normalized spacial score (nSPS) is 13.1. The molecule has 4 heteroatoms. The topological polar surface area (TPSA) is 60.8 Å². The molecule has 1 aliphatic carbocycles. The standard InChI is InChI=1S/C25H29NO3/c27-17-3-15-26(16-14-23-12-11-22-4-1-2-5-25(22)23)18-21-8-6-20(7-9-21)10-13-24(29)19-28/h1-2,4-10,12-13,27-28H,3,11,14-19H2/b13-10+. The van der Waals surface area contributed by atoms with Gasteiger partial charge < -0.3 is 10.2 Å². The molecule has 2 aromatic carbocycles. The Morgan fingerprint density at radius 1 is 1.03 bits per heavy atom. The van der Waals surface area contributed by atoms with Gasteiger partial charge in [-0.15, -0.1) is 0 Å². The zero-order chi connectivity index (χ0) is 20.5. The maximum absolute atomic E-state index is 11.2. The van der Waals surface area contributed by atoms with Gasteiger partial charge in [0.05, 0.1) is 0 Å². The van der Waals surface area contributed by atoms with Gasteiger partial charge in [0.15, 0.2) is 5.78 Å². The number of benzene rings is 2. The van der Waals surface area contributed by atoms with E-state index < -0.39 is 6.61 Å². The van der Waals surface area contributed by atoms with E-state index in [1.54, 1.807) is 6.08 Å². The molecule has 29 heavy (non-hydrogen) atoms. The summed E-state index contributed by atoms with van der Waals surface area (Å²) in [5.74, 6) is -0.299. The number of aliphatic hydroxyl groups excluding tert-OH is 2. The molecule has 0 amide bonds. The lowest BCUT2D eigenvalue weighted by atomic mass is 10.0. The fourth-order valence-electron chi connectivity index (χ4n) is 3.67. The van der Waals surface area contributed by atoms with Crippen LogP contribution in [0.1, 0.15) is 35.1 Å². The number of hydrogen-bond acceptors (Lipinski definition) is 4. The van der Waals surface area contributed by atoms with Crippen LogP contribution in [-0.4, -0.2) is 47.2 Å². The van der Waals surface area contributed by atoms with E-state index in [-0.39, 0.29) is 12.4 Å². The lowest BCUT2D eigenvalue weighted by molar-refractivity contribution is -0.117. The molecule has 3 rings (SSSR count). The Kier molecular flexibility index (Phi) is 7.94. The van der Waals surface area contributed by atoms with E-state index in [1.165, 1.54) is 28.3 Å². The summed E-state index contributed by atoms with van der Waals surface area (Å²) < 4.78 is 0. The molecule has 0 saturated carbocycles. The third-order valence-electron chi connectivity index (χ3n) is 5.26. The highest BCUT2D eigenvalue weighted by Crippen LogP contribution is 2.29. The van der Waals surface area contributed by atoms with Gasteiger partial charge in [0, 0.05) is 26.2 Å². The van der Waals surface area contributed by atoms with Crippen LogP contribution in [0.5, 0.6) is 0 Å². The minimum atomic E-state index is -0.463. The summed E-state index contributed by atoms with van der Waals surface area (Å²) in [5.41, 5.74) is 6.35. The van der Waals surface area contributed by atoms with E-state index in [9.17, 15) is 9.90 Å². The molecule has 2 aromatic rings. The largest absolute Gasteiger partial charge is 0.396 e. The summed E-state index contributed by atoms with van der Waals surface area (Å²) in [5, 5.41) is 18.0. The number of allylic oxidation sites excluding steroid dienone is 1. The van der Waals surface area contributed by atoms with Gasteiger partial charge in [0.2, 0.25) is 0 Å². The van der Waals surface area contributed by atoms with Crippen molar-refractivity contribution in [3.8, 4) is 0 Å². The van der Waals surface area contributed by atoms with Crippen molar-refractivity contribution < 1.29 is 15.0 Å². The van der Waals surface area contributed by atoms with Crippen LogP contribution in [0.25, 0.3) is 11.6 Å². The number of carbonyl (C=O) groups is 1. The first-order valence-electron chi connectivity index (χ1n) is 10.2. The van der Waals surface area contributed by atoms with Crippen molar-refractivity contribution in [1.82, 2.24) is 4.90 Å². The lowest BCUT2D eigenvalue weighted by Gasteiger charge is -2.23. The molecule has 0 saturated heterocycles. The van der Waals surface area contributed by atoms with Gasteiger partial charge >= 0.3 is 0 Å². The van der Waals surface area contributed by atoms with Crippen molar-refractivity contribution >= 4 is 17.4 Å². The Balaban J connectivity index is 1.59. The Hall–Kier alpha value is -2.53. The number of carbonyl (C=O) groups excluding carboxylic acids is 1. The van der Waals surface area contributed by atoms with Crippen molar-refractivity contribution in [1.29, 1.82) is 0 Å². The second-order valence-electron chi connectivity index (χ2n) is 7.39. The minimum absolute atomic E-state index is 0.199. The summed E-state index contributed by atoms with van der Waals surface area (Å²) in [6.45, 7) is 2.37. The number of aliphatic hydroxyl groups is 2. The van der Waals surface area contributed by atoms with Crippen LogP contribution in [0.4, 0.5) is 0 Å². The first-order chi connectivity index (χ1) is 14.2. The van der Waals surface area contributed by atoms with Crippen molar-refractivity contribution in [2.24, 2.45) is 0 Å². The molecule has 2 N–H and O–H groups in total. The predicted octanol–water partition coefficient (Wildman–Crippen LogP) is 3.48. The molecule has 0 atom stereocenters. The summed E-state index contributed by atoms with van der Waals surface area (Å²) in [6.07, 6.45) is 8.25. The number of ketones is 1. The third-order valence-corrected chi connectivity index (χ3v) is 5.26. The zero-order valence-corrected chi connectivity index (χ0v) is 16.8. The monoisotopic (exact) mass is 391 g/mol. The number of nitrogens with zero attached hydrogens (tertiary/aromatic N) is 1. The van der Waals surface area contributed by atoms with E-state index in [2.05, 4.69) is 47.4 Å². The Morgan fingerprint density at radius 3 is 2.59 bits per heavy atom. The highest BCUT2D eigenvalue weighted by Gasteiger charge is 2.14. The highest BCUT2D eigenvalue weighted by molar-refractivity contribution is 5.94. The van der Waals surface area contributed by atoms with E-state index in [1.807, 2.05) is 12.1 Å². The second kappa shape index (κ2) is 10.9. The maximum atomic E-state index is 11.2. The number of hydrogen-bond donors (Lipinski definition) is 2. The average molecular weight is 392 g/mol. The smallest absolute Gasteiger partial charge is 0.181 e. The van der Waals surface area contributed by atoms with Gasteiger partial charge in [0.25, 0.3) is 0 Å². The molecule has 152 valence electrons. The first kappa shape index (κ1) is 21.2. The second-order valence-corrected chi connectivity index (χ2v) is 7.39. The molecule has 4 nitrogen and oxygen atoms in total. The number of fused-ring (bicyclic) bond motifs is 1.